The smallest absolute Gasteiger partial charge is 0.0670 e. The molecule has 0 radical (unpaired) electrons. The van der Waals surface area contributed by atoms with Gasteiger partial charge in [-0.3, -0.25) is 4.98 Å². The lowest BCUT2D eigenvalue weighted by Gasteiger charge is -1.99. The Morgan fingerprint density at radius 1 is 1.55 bits per heavy atom. The van der Waals surface area contributed by atoms with Crippen LogP contribution >= 0.6 is 0 Å². The molecule has 1 aromatic heterocycles. The van der Waals surface area contributed by atoms with E-state index >= 15 is 0 Å². The summed E-state index contributed by atoms with van der Waals surface area (Å²) < 4.78 is 0. The van der Waals surface area contributed by atoms with Crippen LogP contribution in [0.4, 0.5) is 0 Å². The Kier molecular flexibility index (Phi) is 2.22. The zero-order valence-electron chi connectivity index (χ0n) is 6.76. The predicted octanol–water partition coefficient (Wildman–Crippen LogP) is 1.76. The summed E-state index contributed by atoms with van der Waals surface area (Å²) in [6, 6.07) is 4.10. The summed E-state index contributed by atoms with van der Waals surface area (Å²) in [5, 5.41) is 8.40. The number of rotatable bonds is 1. The van der Waals surface area contributed by atoms with Gasteiger partial charge >= 0.3 is 0 Å². The van der Waals surface area contributed by atoms with Crippen LogP contribution in [-0.2, 0) is 6.42 Å². The summed E-state index contributed by atoms with van der Waals surface area (Å²) in [5.41, 5.74) is 3.18. The van der Waals surface area contributed by atoms with E-state index in [0.717, 1.165) is 16.8 Å². The second-order valence-corrected chi connectivity index (χ2v) is 2.58. The van der Waals surface area contributed by atoms with E-state index in [9.17, 15) is 0 Å². The van der Waals surface area contributed by atoms with Crippen LogP contribution in [0.3, 0.4) is 0 Å². The van der Waals surface area contributed by atoms with Gasteiger partial charge in [-0.1, -0.05) is 6.07 Å². The van der Waals surface area contributed by atoms with Crippen molar-refractivity contribution >= 4 is 0 Å². The average molecular weight is 146 g/mol. The fourth-order valence-corrected chi connectivity index (χ4v) is 0.889. The minimum atomic E-state index is 0.453. The molecular formula is C9H10N2. The van der Waals surface area contributed by atoms with E-state index in [2.05, 4.69) is 11.1 Å². The molecule has 0 aliphatic rings. The molecule has 0 aliphatic carbocycles. The number of nitriles is 1. The van der Waals surface area contributed by atoms with E-state index in [0.29, 0.717) is 6.42 Å². The van der Waals surface area contributed by atoms with E-state index in [4.69, 9.17) is 5.26 Å². The monoisotopic (exact) mass is 146 g/mol. The van der Waals surface area contributed by atoms with Crippen LogP contribution in [-0.4, -0.2) is 4.98 Å². The first-order valence-corrected chi connectivity index (χ1v) is 3.53. The van der Waals surface area contributed by atoms with Gasteiger partial charge in [0, 0.05) is 11.9 Å². The molecule has 0 fully saturated rings. The molecule has 0 aliphatic heterocycles. The molecule has 0 aromatic carbocycles. The highest BCUT2D eigenvalue weighted by atomic mass is 14.7. The molecule has 1 aromatic rings. The van der Waals surface area contributed by atoms with E-state index in [1.165, 1.54) is 0 Å². The standard InChI is InChI=1S/C9H10N2/c1-7-5-9(3-4-10)6-11-8(7)2/h5-6H,3H2,1-2H3. The number of hydrogen-bond acceptors (Lipinski definition) is 2. The van der Waals surface area contributed by atoms with Crippen molar-refractivity contribution in [3.8, 4) is 6.07 Å². The molecule has 0 N–H and O–H groups in total. The summed E-state index contributed by atoms with van der Waals surface area (Å²) in [6.07, 6.45) is 2.21. The molecule has 0 unspecified atom stereocenters. The largest absolute Gasteiger partial charge is 0.261 e. The molecule has 0 spiro atoms. The predicted molar refractivity (Wildman–Crippen MR) is 43.0 cm³/mol. The summed E-state index contributed by atoms with van der Waals surface area (Å²) in [7, 11) is 0. The van der Waals surface area contributed by atoms with E-state index in [1.807, 2.05) is 19.9 Å². The lowest BCUT2D eigenvalue weighted by Crippen LogP contribution is -1.90. The topological polar surface area (TPSA) is 36.7 Å². The Morgan fingerprint density at radius 3 is 2.82 bits per heavy atom. The summed E-state index contributed by atoms with van der Waals surface area (Å²) in [4.78, 5) is 4.15. The van der Waals surface area contributed by atoms with Gasteiger partial charge in [0.2, 0.25) is 0 Å². The zero-order valence-corrected chi connectivity index (χ0v) is 6.76. The van der Waals surface area contributed by atoms with Crippen molar-refractivity contribution in [2.75, 3.05) is 0 Å². The second-order valence-electron chi connectivity index (χ2n) is 2.58. The maximum atomic E-state index is 8.40. The van der Waals surface area contributed by atoms with Gasteiger partial charge in [-0.25, -0.2) is 0 Å². The SMILES string of the molecule is Cc1cc(CC#N)cnc1C. The molecule has 0 atom stereocenters. The zero-order chi connectivity index (χ0) is 8.27. The summed E-state index contributed by atoms with van der Waals surface area (Å²) in [5.74, 6) is 0. The third-order valence-electron chi connectivity index (χ3n) is 1.68. The first-order valence-electron chi connectivity index (χ1n) is 3.53. The molecule has 56 valence electrons. The van der Waals surface area contributed by atoms with Gasteiger partial charge in [0.05, 0.1) is 12.5 Å². The molecule has 0 saturated heterocycles. The number of pyridine rings is 1. The van der Waals surface area contributed by atoms with E-state index in [-0.39, 0.29) is 0 Å². The third-order valence-corrected chi connectivity index (χ3v) is 1.68. The van der Waals surface area contributed by atoms with Crippen molar-refractivity contribution in [3.63, 3.8) is 0 Å². The van der Waals surface area contributed by atoms with Crippen LogP contribution in [0.15, 0.2) is 12.3 Å². The second kappa shape index (κ2) is 3.16. The third kappa shape index (κ3) is 1.78. The lowest BCUT2D eigenvalue weighted by molar-refractivity contribution is 1.10. The number of aryl methyl sites for hydroxylation is 2. The molecule has 1 heterocycles. The number of nitrogens with zero attached hydrogens (tertiary/aromatic N) is 2. The molecule has 1 rings (SSSR count). The summed E-state index contributed by atoms with van der Waals surface area (Å²) in [6.45, 7) is 3.97. The van der Waals surface area contributed by atoms with Crippen LogP contribution in [0.5, 0.6) is 0 Å². The Balaban J connectivity index is 2.98. The van der Waals surface area contributed by atoms with Gasteiger partial charge in [-0.05, 0) is 25.0 Å². The first kappa shape index (κ1) is 7.74. The van der Waals surface area contributed by atoms with Gasteiger partial charge in [0.1, 0.15) is 0 Å². The van der Waals surface area contributed by atoms with E-state index < -0.39 is 0 Å². The molecule has 11 heavy (non-hydrogen) atoms. The normalized spacial score (nSPS) is 9.18. The van der Waals surface area contributed by atoms with Crippen molar-refractivity contribution < 1.29 is 0 Å². The maximum absolute atomic E-state index is 8.40. The fraction of sp³-hybridized carbons (Fsp3) is 0.333. The van der Waals surface area contributed by atoms with Crippen LogP contribution in [0, 0.1) is 25.2 Å². The molecule has 0 amide bonds. The van der Waals surface area contributed by atoms with Crippen LogP contribution in [0.2, 0.25) is 0 Å². The van der Waals surface area contributed by atoms with Crippen LogP contribution < -0.4 is 0 Å². The maximum Gasteiger partial charge on any atom is 0.0670 e. The number of hydrogen-bond donors (Lipinski definition) is 0. The van der Waals surface area contributed by atoms with Gasteiger partial charge in [-0.15, -0.1) is 0 Å². The first-order chi connectivity index (χ1) is 5.24. The van der Waals surface area contributed by atoms with Gasteiger partial charge in [-0.2, -0.15) is 5.26 Å². The highest BCUT2D eigenvalue weighted by Crippen LogP contribution is 2.06. The minimum absolute atomic E-state index is 0.453. The van der Waals surface area contributed by atoms with Crippen molar-refractivity contribution in [1.29, 1.82) is 5.26 Å². The Morgan fingerprint density at radius 2 is 2.27 bits per heavy atom. The fourth-order valence-electron chi connectivity index (χ4n) is 0.889. The quantitative estimate of drug-likeness (QED) is 0.605. The van der Waals surface area contributed by atoms with Crippen molar-refractivity contribution in [2.45, 2.75) is 20.3 Å². The highest BCUT2D eigenvalue weighted by Gasteiger charge is 1.95. The van der Waals surface area contributed by atoms with Gasteiger partial charge in [0.15, 0.2) is 0 Å². The Labute approximate surface area is 66.5 Å². The molecule has 2 nitrogen and oxygen atoms in total. The summed E-state index contributed by atoms with van der Waals surface area (Å²) >= 11 is 0. The van der Waals surface area contributed by atoms with E-state index in [1.54, 1.807) is 6.20 Å². The Bertz CT molecular complexity index is 297. The number of aromatic nitrogens is 1. The van der Waals surface area contributed by atoms with Crippen molar-refractivity contribution in [1.82, 2.24) is 4.98 Å². The molecule has 0 saturated carbocycles. The minimum Gasteiger partial charge on any atom is -0.261 e. The Hall–Kier alpha value is -1.36. The van der Waals surface area contributed by atoms with Gasteiger partial charge in [0.25, 0.3) is 0 Å². The lowest BCUT2D eigenvalue weighted by atomic mass is 10.1. The highest BCUT2D eigenvalue weighted by molar-refractivity contribution is 5.24. The van der Waals surface area contributed by atoms with Crippen molar-refractivity contribution in [3.05, 3.63) is 29.1 Å². The average Bonchev–Trinajstić information content (AvgIpc) is 1.98. The van der Waals surface area contributed by atoms with Crippen LogP contribution in [0.25, 0.3) is 0 Å². The molecular weight excluding hydrogens is 136 g/mol. The molecule has 2 heteroatoms. The van der Waals surface area contributed by atoms with Crippen molar-refractivity contribution in [2.24, 2.45) is 0 Å². The van der Waals surface area contributed by atoms with Gasteiger partial charge < -0.3 is 0 Å². The van der Waals surface area contributed by atoms with Crippen LogP contribution in [0.1, 0.15) is 16.8 Å². The molecule has 0 bridgehead atoms.